The maximum Gasteiger partial charge on any atom is 0.344 e. The fourth-order valence-electron chi connectivity index (χ4n) is 1.28. The molecule has 6 nitrogen and oxygen atoms in total. The average Bonchev–Trinajstić information content (AvgIpc) is 2.59. The van der Waals surface area contributed by atoms with Crippen LogP contribution in [0.25, 0.3) is 0 Å². The summed E-state index contributed by atoms with van der Waals surface area (Å²) < 4.78 is 2.28. The first-order valence-electron chi connectivity index (χ1n) is 4.90. The zero-order chi connectivity index (χ0) is 12.4. The number of H-pyrrole nitrogens is 1. The fourth-order valence-corrected chi connectivity index (χ4v) is 2.69. The van der Waals surface area contributed by atoms with Crippen molar-refractivity contribution in [1.82, 2.24) is 24.7 Å². The number of aromatic nitrogens is 5. The highest BCUT2D eigenvalue weighted by atomic mass is 79.9. The van der Waals surface area contributed by atoms with Gasteiger partial charge in [0.05, 0.1) is 0 Å². The fraction of sp³-hybridized carbons (Fsp3) is 0.333. The van der Waals surface area contributed by atoms with Gasteiger partial charge in [-0.1, -0.05) is 0 Å². The lowest BCUT2D eigenvalue weighted by Gasteiger charge is -2.07. The molecule has 0 aliphatic heterocycles. The quantitative estimate of drug-likeness (QED) is 0.875. The van der Waals surface area contributed by atoms with E-state index < -0.39 is 0 Å². The van der Waals surface area contributed by atoms with E-state index in [9.17, 15) is 4.79 Å². The summed E-state index contributed by atoms with van der Waals surface area (Å²) in [6.45, 7) is 3.85. The number of nitrogens with one attached hydrogen (secondary N) is 1. The van der Waals surface area contributed by atoms with Crippen LogP contribution in [0.5, 0.6) is 0 Å². The van der Waals surface area contributed by atoms with E-state index in [4.69, 9.17) is 0 Å². The summed E-state index contributed by atoms with van der Waals surface area (Å²) in [5.41, 5.74) is -0.212. The van der Waals surface area contributed by atoms with E-state index in [-0.39, 0.29) is 11.7 Å². The first-order chi connectivity index (χ1) is 8.08. The Bertz CT molecular complexity index is 579. The van der Waals surface area contributed by atoms with Crippen LogP contribution < -0.4 is 5.69 Å². The normalized spacial score (nSPS) is 11.1. The Morgan fingerprint density at radius 3 is 2.88 bits per heavy atom. The summed E-state index contributed by atoms with van der Waals surface area (Å²) in [4.78, 5) is 19.6. The minimum atomic E-state index is -0.212. The minimum absolute atomic E-state index is 0.0500. The molecule has 0 spiro atoms. The van der Waals surface area contributed by atoms with Crippen LogP contribution in [0, 0.1) is 0 Å². The van der Waals surface area contributed by atoms with Gasteiger partial charge in [-0.3, -0.25) is 4.57 Å². The molecule has 2 heterocycles. The molecule has 0 unspecified atom stereocenters. The molecule has 0 atom stereocenters. The van der Waals surface area contributed by atoms with Gasteiger partial charge < -0.3 is 0 Å². The minimum Gasteiger partial charge on any atom is -0.267 e. The highest BCUT2D eigenvalue weighted by molar-refractivity contribution is 9.10. The molecule has 0 aliphatic carbocycles. The first kappa shape index (κ1) is 12.3. The lowest BCUT2D eigenvalue weighted by Crippen LogP contribution is -2.19. The van der Waals surface area contributed by atoms with E-state index in [1.165, 1.54) is 18.1 Å². The smallest absolute Gasteiger partial charge is 0.267 e. The van der Waals surface area contributed by atoms with Crippen molar-refractivity contribution >= 4 is 27.7 Å². The number of rotatable bonds is 3. The second-order valence-electron chi connectivity index (χ2n) is 3.56. The molecule has 0 amide bonds. The molecule has 1 N–H and O–H groups in total. The van der Waals surface area contributed by atoms with Gasteiger partial charge in [0.25, 0.3) is 0 Å². The Balaban J connectivity index is 2.34. The van der Waals surface area contributed by atoms with Gasteiger partial charge in [-0.25, -0.2) is 19.9 Å². The largest absolute Gasteiger partial charge is 0.344 e. The zero-order valence-electron chi connectivity index (χ0n) is 9.22. The molecule has 90 valence electrons. The maximum atomic E-state index is 11.5. The third-order valence-electron chi connectivity index (χ3n) is 1.99. The molecule has 0 saturated heterocycles. The summed E-state index contributed by atoms with van der Waals surface area (Å²) in [6, 6.07) is 1.82. The number of hydrogen-bond acceptors (Lipinski definition) is 5. The summed E-state index contributed by atoms with van der Waals surface area (Å²) in [6.07, 6.45) is 1.46. The molecule has 0 radical (unpaired) electrons. The number of hydrogen-bond donors (Lipinski definition) is 1. The Morgan fingerprint density at radius 2 is 2.24 bits per heavy atom. The van der Waals surface area contributed by atoms with E-state index in [0.717, 1.165) is 5.03 Å². The van der Waals surface area contributed by atoms with E-state index >= 15 is 0 Å². The van der Waals surface area contributed by atoms with Crippen molar-refractivity contribution in [3.05, 3.63) is 27.5 Å². The van der Waals surface area contributed by atoms with Crippen LogP contribution in [-0.2, 0) is 0 Å². The standard InChI is InChI=1S/C9H10BrN5OS/c1-5(2)15-8(16)13-14-9(15)17-7-3-6(10)11-4-12-7/h3-5H,1-2H3,(H,13,16). The van der Waals surface area contributed by atoms with Crippen LogP contribution in [0.3, 0.4) is 0 Å². The lowest BCUT2D eigenvalue weighted by atomic mass is 10.4. The molecule has 17 heavy (non-hydrogen) atoms. The molecule has 2 rings (SSSR count). The molecule has 0 bridgehead atoms. The first-order valence-corrected chi connectivity index (χ1v) is 6.51. The predicted octanol–water partition coefficient (Wildman–Crippen LogP) is 1.86. The van der Waals surface area contributed by atoms with Crippen molar-refractivity contribution in [1.29, 1.82) is 0 Å². The highest BCUT2D eigenvalue weighted by Crippen LogP contribution is 2.25. The second-order valence-corrected chi connectivity index (χ2v) is 5.36. The molecule has 0 fully saturated rings. The Morgan fingerprint density at radius 1 is 1.47 bits per heavy atom. The third-order valence-corrected chi connectivity index (χ3v) is 3.33. The topological polar surface area (TPSA) is 76.5 Å². The van der Waals surface area contributed by atoms with Gasteiger partial charge in [0, 0.05) is 12.1 Å². The van der Waals surface area contributed by atoms with Crippen LogP contribution in [0.15, 0.2) is 32.0 Å². The molecule has 0 aliphatic rings. The Kier molecular flexibility index (Phi) is 3.63. The van der Waals surface area contributed by atoms with Crippen molar-refractivity contribution in [2.45, 2.75) is 30.1 Å². The van der Waals surface area contributed by atoms with E-state index in [0.29, 0.717) is 9.76 Å². The van der Waals surface area contributed by atoms with Crippen LogP contribution in [0.1, 0.15) is 19.9 Å². The highest BCUT2D eigenvalue weighted by Gasteiger charge is 2.13. The van der Waals surface area contributed by atoms with Gasteiger partial charge in [-0.2, -0.15) is 0 Å². The molecular formula is C9H10BrN5OS. The van der Waals surface area contributed by atoms with Crippen molar-refractivity contribution in [2.75, 3.05) is 0 Å². The van der Waals surface area contributed by atoms with Crippen molar-refractivity contribution in [3.8, 4) is 0 Å². The molecule has 0 saturated carbocycles. The van der Waals surface area contributed by atoms with Crippen LogP contribution in [-0.4, -0.2) is 24.7 Å². The summed E-state index contributed by atoms with van der Waals surface area (Å²) in [5, 5.41) is 7.73. The van der Waals surface area contributed by atoms with Crippen LogP contribution in [0.4, 0.5) is 0 Å². The number of nitrogens with zero attached hydrogens (tertiary/aromatic N) is 4. The molecular weight excluding hydrogens is 306 g/mol. The Hall–Kier alpha value is -1.15. The van der Waals surface area contributed by atoms with Crippen LogP contribution >= 0.6 is 27.7 Å². The summed E-state index contributed by atoms with van der Waals surface area (Å²) in [5.74, 6) is 0. The monoisotopic (exact) mass is 315 g/mol. The van der Waals surface area contributed by atoms with E-state index in [1.807, 2.05) is 13.8 Å². The van der Waals surface area contributed by atoms with Gasteiger partial charge in [0.2, 0.25) is 0 Å². The Labute approximate surface area is 110 Å². The molecule has 8 heteroatoms. The van der Waals surface area contributed by atoms with Crippen LogP contribution in [0.2, 0.25) is 0 Å². The van der Waals surface area contributed by atoms with Gasteiger partial charge in [0.15, 0.2) is 5.16 Å². The maximum absolute atomic E-state index is 11.5. The van der Waals surface area contributed by atoms with Gasteiger partial charge in [0.1, 0.15) is 16.0 Å². The summed E-state index contributed by atoms with van der Waals surface area (Å²) >= 11 is 4.58. The van der Waals surface area contributed by atoms with Gasteiger partial charge in [-0.15, -0.1) is 5.10 Å². The predicted molar refractivity (Wildman–Crippen MR) is 67.1 cm³/mol. The van der Waals surface area contributed by atoms with E-state index in [1.54, 1.807) is 10.6 Å². The molecule has 0 aromatic carbocycles. The van der Waals surface area contributed by atoms with Crippen molar-refractivity contribution < 1.29 is 0 Å². The van der Waals surface area contributed by atoms with Crippen molar-refractivity contribution in [3.63, 3.8) is 0 Å². The zero-order valence-corrected chi connectivity index (χ0v) is 11.6. The average molecular weight is 316 g/mol. The molecule has 2 aromatic heterocycles. The lowest BCUT2D eigenvalue weighted by molar-refractivity contribution is 0.534. The second kappa shape index (κ2) is 5.01. The third kappa shape index (κ3) is 2.75. The van der Waals surface area contributed by atoms with Crippen molar-refractivity contribution in [2.24, 2.45) is 0 Å². The molecule has 2 aromatic rings. The number of halogens is 1. The van der Waals surface area contributed by atoms with Gasteiger partial charge in [-0.05, 0) is 41.5 Å². The van der Waals surface area contributed by atoms with E-state index in [2.05, 4.69) is 36.1 Å². The van der Waals surface area contributed by atoms with Gasteiger partial charge >= 0.3 is 5.69 Å². The number of aromatic amines is 1. The SMILES string of the molecule is CC(C)n1c(Sc2cc(Br)ncn2)n[nH]c1=O. The summed E-state index contributed by atoms with van der Waals surface area (Å²) in [7, 11) is 0.